The molecular formula is C10H16N2O2. The van der Waals surface area contributed by atoms with E-state index >= 15 is 0 Å². The van der Waals surface area contributed by atoms with Crippen molar-refractivity contribution in [3.63, 3.8) is 0 Å². The standard InChI is InChI=1S/C10H16N2O2/c1-8-6-9(11-4-5-13-2)10(14-3)7-12-8/h6-7H,4-5H2,1-3H3,(H,11,12). The van der Waals surface area contributed by atoms with Gasteiger partial charge in [-0.05, 0) is 13.0 Å². The number of rotatable bonds is 5. The van der Waals surface area contributed by atoms with Gasteiger partial charge in [-0.2, -0.15) is 0 Å². The van der Waals surface area contributed by atoms with E-state index < -0.39 is 0 Å². The highest BCUT2D eigenvalue weighted by Gasteiger charge is 2.02. The summed E-state index contributed by atoms with van der Waals surface area (Å²) < 4.78 is 10.1. The lowest BCUT2D eigenvalue weighted by Crippen LogP contribution is -2.08. The molecule has 0 bridgehead atoms. The predicted octanol–water partition coefficient (Wildman–Crippen LogP) is 1.46. The van der Waals surface area contributed by atoms with Gasteiger partial charge in [0.25, 0.3) is 0 Å². The number of anilines is 1. The number of pyridine rings is 1. The summed E-state index contributed by atoms with van der Waals surface area (Å²) in [5, 5.41) is 3.22. The maximum Gasteiger partial charge on any atom is 0.160 e. The number of aromatic nitrogens is 1. The van der Waals surface area contributed by atoms with E-state index in [1.807, 2.05) is 13.0 Å². The molecule has 14 heavy (non-hydrogen) atoms. The summed E-state index contributed by atoms with van der Waals surface area (Å²) in [6, 6.07) is 1.95. The summed E-state index contributed by atoms with van der Waals surface area (Å²) in [4.78, 5) is 4.14. The molecule has 0 spiro atoms. The van der Waals surface area contributed by atoms with E-state index in [0.717, 1.165) is 23.7 Å². The second-order valence-electron chi connectivity index (χ2n) is 2.95. The fraction of sp³-hybridized carbons (Fsp3) is 0.500. The minimum atomic E-state index is 0.671. The van der Waals surface area contributed by atoms with Gasteiger partial charge in [-0.1, -0.05) is 0 Å². The quantitative estimate of drug-likeness (QED) is 0.724. The molecule has 0 fully saturated rings. The first-order valence-electron chi connectivity index (χ1n) is 4.51. The first-order valence-corrected chi connectivity index (χ1v) is 4.51. The monoisotopic (exact) mass is 196 g/mol. The van der Waals surface area contributed by atoms with Crippen LogP contribution in [0.2, 0.25) is 0 Å². The Bertz CT molecular complexity index is 289. The molecule has 0 aromatic carbocycles. The van der Waals surface area contributed by atoms with Crippen molar-refractivity contribution >= 4 is 5.69 Å². The number of nitrogens with zero attached hydrogens (tertiary/aromatic N) is 1. The molecule has 0 aliphatic carbocycles. The lowest BCUT2D eigenvalue weighted by Gasteiger charge is -2.10. The van der Waals surface area contributed by atoms with Gasteiger partial charge in [-0.25, -0.2) is 0 Å². The van der Waals surface area contributed by atoms with E-state index in [0.29, 0.717) is 6.61 Å². The summed E-state index contributed by atoms with van der Waals surface area (Å²) in [7, 11) is 3.31. The molecule has 0 amide bonds. The van der Waals surface area contributed by atoms with E-state index in [1.165, 1.54) is 0 Å². The Morgan fingerprint density at radius 1 is 1.43 bits per heavy atom. The van der Waals surface area contributed by atoms with Gasteiger partial charge in [-0.3, -0.25) is 4.98 Å². The third-order valence-corrected chi connectivity index (χ3v) is 1.85. The van der Waals surface area contributed by atoms with Crippen LogP contribution in [0, 0.1) is 6.92 Å². The van der Waals surface area contributed by atoms with Crippen molar-refractivity contribution < 1.29 is 9.47 Å². The lowest BCUT2D eigenvalue weighted by atomic mass is 10.3. The number of nitrogens with one attached hydrogen (secondary N) is 1. The van der Waals surface area contributed by atoms with Crippen molar-refractivity contribution in [2.45, 2.75) is 6.92 Å². The highest BCUT2D eigenvalue weighted by atomic mass is 16.5. The maximum atomic E-state index is 5.17. The van der Waals surface area contributed by atoms with Crippen molar-refractivity contribution in [1.29, 1.82) is 0 Å². The number of aryl methyl sites for hydroxylation is 1. The molecule has 0 aliphatic rings. The van der Waals surface area contributed by atoms with E-state index in [1.54, 1.807) is 20.4 Å². The van der Waals surface area contributed by atoms with Gasteiger partial charge in [0.2, 0.25) is 0 Å². The molecule has 0 saturated heterocycles. The van der Waals surface area contributed by atoms with Gasteiger partial charge in [0.1, 0.15) is 0 Å². The number of methoxy groups -OCH3 is 2. The molecule has 0 radical (unpaired) electrons. The summed E-state index contributed by atoms with van der Waals surface area (Å²) in [6.45, 7) is 3.38. The smallest absolute Gasteiger partial charge is 0.160 e. The summed E-state index contributed by atoms with van der Waals surface area (Å²) in [5.74, 6) is 0.756. The van der Waals surface area contributed by atoms with E-state index in [-0.39, 0.29) is 0 Å². The molecule has 0 unspecified atom stereocenters. The van der Waals surface area contributed by atoms with Gasteiger partial charge < -0.3 is 14.8 Å². The van der Waals surface area contributed by atoms with Crippen LogP contribution in [0.5, 0.6) is 5.75 Å². The Kier molecular flexibility index (Phi) is 4.19. The van der Waals surface area contributed by atoms with Gasteiger partial charge in [-0.15, -0.1) is 0 Å². The largest absolute Gasteiger partial charge is 0.493 e. The third kappa shape index (κ3) is 2.88. The topological polar surface area (TPSA) is 43.4 Å². The second kappa shape index (κ2) is 5.44. The number of hydrogen-bond acceptors (Lipinski definition) is 4. The number of hydrogen-bond donors (Lipinski definition) is 1. The maximum absolute atomic E-state index is 5.17. The van der Waals surface area contributed by atoms with E-state index in [9.17, 15) is 0 Å². The van der Waals surface area contributed by atoms with Crippen molar-refractivity contribution in [3.05, 3.63) is 18.0 Å². The Morgan fingerprint density at radius 3 is 2.86 bits per heavy atom. The van der Waals surface area contributed by atoms with Crippen LogP contribution in [0.3, 0.4) is 0 Å². The molecule has 1 heterocycles. The lowest BCUT2D eigenvalue weighted by molar-refractivity contribution is 0.210. The van der Waals surface area contributed by atoms with Crippen LogP contribution in [0.1, 0.15) is 5.69 Å². The zero-order chi connectivity index (χ0) is 10.4. The highest BCUT2D eigenvalue weighted by molar-refractivity contribution is 5.55. The van der Waals surface area contributed by atoms with Crippen LogP contribution in [0.25, 0.3) is 0 Å². The van der Waals surface area contributed by atoms with Crippen molar-refractivity contribution in [1.82, 2.24) is 4.98 Å². The first-order chi connectivity index (χ1) is 6.77. The van der Waals surface area contributed by atoms with Crippen molar-refractivity contribution in [3.8, 4) is 5.75 Å². The molecule has 4 nitrogen and oxygen atoms in total. The molecule has 1 N–H and O–H groups in total. The molecule has 1 aromatic rings. The average Bonchev–Trinajstić information content (AvgIpc) is 2.19. The van der Waals surface area contributed by atoms with E-state index in [2.05, 4.69) is 10.3 Å². The Balaban J connectivity index is 2.67. The highest BCUT2D eigenvalue weighted by Crippen LogP contribution is 2.22. The van der Waals surface area contributed by atoms with Gasteiger partial charge in [0.15, 0.2) is 5.75 Å². The molecule has 0 aliphatic heterocycles. The molecule has 0 atom stereocenters. The Hall–Kier alpha value is -1.29. The average molecular weight is 196 g/mol. The van der Waals surface area contributed by atoms with Crippen LogP contribution in [-0.4, -0.2) is 32.4 Å². The van der Waals surface area contributed by atoms with Gasteiger partial charge >= 0.3 is 0 Å². The summed E-state index contributed by atoms with van der Waals surface area (Å²) in [6.07, 6.45) is 1.71. The van der Waals surface area contributed by atoms with Crippen LogP contribution in [0.15, 0.2) is 12.3 Å². The summed E-state index contributed by atoms with van der Waals surface area (Å²) in [5.41, 5.74) is 1.92. The second-order valence-corrected chi connectivity index (χ2v) is 2.95. The summed E-state index contributed by atoms with van der Waals surface area (Å²) >= 11 is 0. The normalized spacial score (nSPS) is 9.93. The fourth-order valence-corrected chi connectivity index (χ4v) is 1.14. The van der Waals surface area contributed by atoms with Crippen LogP contribution in [-0.2, 0) is 4.74 Å². The third-order valence-electron chi connectivity index (χ3n) is 1.85. The molecule has 78 valence electrons. The Morgan fingerprint density at radius 2 is 2.21 bits per heavy atom. The van der Waals surface area contributed by atoms with Crippen LogP contribution < -0.4 is 10.1 Å². The molecule has 0 saturated carbocycles. The minimum Gasteiger partial charge on any atom is -0.493 e. The minimum absolute atomic E-state index is 0.671. The number of ether oxygens (including phenoxy) is 2. The van der Waals surface area contributed by atoms with Crippen molar-refractivity contribution in [2.24, 2.45) is 0 Å². The van der Waals surface area contributed by atoms with Gasteiger partial charge in [0.05, 0.1) is 25.6 Å². The molecule has 1 rings (SSSR count). The Labute approximate surface area is 84.3 Å². The molecular weight excluding hydrogens is 180 g/mol. The van der Waals surface area contributed by atoms with Crippen LogP contribution in [0.4, 0.5) is 5.69 Å². The van der Waals surface area contributed by atoms with E-state index in [4.69, 9.17) is 9.47 Å². The molecule has 1 aromatic heterocycles. The molecule has 4 heteroatoms. The SMILES string of the molecule is COCCNc1cc(C)ncc1OC. The zero-order valence-corrected chi connectivity index (χ0v) is 8.83. The first kappa shape index (κ1) is 10.8. The van der Waals surface area contributed by atoms with Crippen molar-refractivity contribution in [2.75, 3.05) is 32.7 Å². The predicted molar refractivity (Wildman–Crippen MR) is 55.9 cm³/mol. The zero-order valence-electron chi connectivity index (χ0n) is 8.83. The fourth-order valence-electron chi connectivity index (χ4n) is 1.14. The van der Waals surface area contributed by atoms with Gasteiger partial charge in [0, 0.05) is 19.3 Å². The van der Waals surface area contributed by atoms with Crippen LogP contribution >= 0.6 is 0 Å².